The molecule has 1 spiro atoms. The number of amides is 1. The highest BCUT2D eigenvalue weighted by molar-refractivity contribution is 7.12. The molecule has 0 bridgehead atoms. The third kappa shape index (κ3) is 4.00. The van der Waals surface area contributed by atoms with Crippen LogP contribution in [0.15, 0.2) is 24.3 Å². The first kappa shape index (κ1) is 23.0. The number of aromatic nitrogens is 2. The number of pyridine rings is 1. The van der Waals surface area contributed by atoms with E-state index in [0.29, 0.717) is 30.8 Å². The van der Waals surface area contributed by atoms with Crippen molar-refractivity contribution in [2.75, 3.05) is 25.5 Å². The SMILES string of the molecule is CNc1ccc2c(C)cc(C(=O)N3CCC4(CC3)CC(=O)c3nc(C(C)(C)C)sc3C4)cc2n1. The number of carbonyl (C=O) groups excluding carboxylic acids is 2. The van der Waals surface area contributed by atoms with Crippen molar-refractivity contribution in [1.29, 1.82) is 0 Å². The van der Waals surface area contributed by atoms with E-state index in [9.17, 15) is 9.59 Å². The van der Waals surface area contributed by atoms with E-state index in [1.54, 1.807) is 11.3 Å². The summed E-state index contributed by atoms with van der Waals surface area (Å²) >= 11 is 1.70. The molecule has 1 fully saturated rings. The Morgan fingerprint density at radius 1 is 1.12 bits per heavy atom. The van der Waals surface area contributed by atoms with Crippen LogP contribution in [0.3, 0.4) is 0 Å². The predicted molar refractivity (Wildman–Crippen MR) is 137 cm³/mol. The molecule has 5 rings (SSSR count). The molecule has 34 heavy (non-hydrogen) atoms. The number of hydrogen-bond donors (Lipinski definition) is 1. The van der Waals surface area contributed by atoms with Gasteiger partial charge < -0.3 is 10.2 Å². The van der Waals surface area contributed by atoms with Gasteiger partial charge in [-0.2, -0.15) is 0 Å². The number of likely N-dealkylation sites (tertiary alicyclic amines) is 1. The van der Waals surface area contributed by atoms with Crippen LogP contribution in [0.25, 0.3) is 10.9 Å². The fraction of sp³-hybridized carbons (Fsp3) is 0.481. The number of rotatable bonds is 2. The van der Waals surface area contributed by atoms with Crippen molar-refractivity contribution >= 4 is 39.7 Å². The third-order valence-electron chi connectivity index (χ3n) is 7.30. The average Bonchev–Trinajstić information content (AvgIpc) is 3.23. The van der Waals surface area contributed by atoms with Gasteiger partial charge in [0.15, 0.2) is 5.78 Å². The van der Waals surface area contributed by atoms with Gasteiger partial charge >= 0.3 is 0 Å². The highest BCUT2D eigenvalue weighted by atomic mass is 32.1. The van der Waals surface area contributed by atoms with Gasteiger partial charge in [0.05, 0.1) is 10.5 Å². The lowest BCUT2D eigenvalue weighted by atomic mass is 9.68. The van der Waals surface area contributed by atoms with Gasteiger partial charge in [-0.15, -0.1) is 11.3 Å². The van der Waals surface area contributed by atoms with Crippen molar-refractivity contribution in [1.82, 2.24) is 14.9 Å². The smallest absolute Gasteiger partial charge is 0.253 e. The highest BCUT2D eigenvalue weighted by Gasteiger charge is 2.43. The molecule has 1 aromatic carbocycles. The molecule has 178 valence electrons. The molecule has 0 atom stereocenters. The summed E-state index contributed by atoms with van der Waals surface area (Å²) in [6, 6.07) is 7.86. The van der Waals surface area contributed by atoms with Crippen LogP contribution in [0.5, 0.6) is 0 Å². The van der Waals surface area contributed by atoms with Crippen LogP contribution in [0, 0.1) is 12.3 Å². The number of thiazole rings is 1. The van der Waals surface area contributed by atoms with Crippen LogP contribution in [-0.4, -0.2) is 46.7 Å². The van der Waals surface area contributed by atoms with E-state index in [1.165, 1.54) is 0 Å². The standard InChI is InChI=1S/C27H32N4O2S/c1-16-12-17(13-19-18(16)6-7-22(28-5)29-19)24(33)31-10-8-27(9-11-31)14-20(32)23-21(15-27)34-25(30-23)26(2,3)4/h6-7,12-13H,8-11,14-15H2,1-5H3,(H,28,29). The van der Waals surface area contributed by atoms with Crippen LogP contribution >= 0.6 is 11.3 Å². The van der Waals surface area contributed by atoms with E-state index < -0.39 is 0 Å². The molecule has 1 amide bonds. The molecule has 0 radical (unpaired) electrons. The van der Waals surface area contributed by atoms with E-state index in [1.807, 2.05) is 43.1 Å². The summed E-state index contributed by atoms with van der Waals surface area (Å²) in [5, 5.41) is 5.16. The largest absolute Gasteiger partial charge is 0.373 e. The minimum atomic E-state index is -0.0505. The number of nitrogens with zero attached hydrogens (tertiary/aromatic N) is 3. The fourth-order valence-corrected chi connectivity index (χ4v) is 6.55. The van der Waals surface area contributed by atoms with Crippen molar-refractivity contribution in [2.24, 2.45) is 5.41 Å². The van der Waals surface area contributed by atoms with E-state index in [2.05, 4.69) is 31.1 Å². The van der Waals surface area contributed by atoms with E-state index in [-0.39, 0.29) is 22.5 Å². The van der Waals surface area contributed by atoms with Crippen molar-refractivity contribution < 1.29 is 9.59 Å². The Balaban J connectivity index is 1.34. The highest BCUT2D eigenvalue weighted by Crippen LogP contribution is 2.46. The predicted octanol–water partition coefficient (Wildman–Crippen LogP) is 5.39. The molecule has 1 aliphatic heterocycles. The number of ketones is 1. The van der Waals surface area contributed by atoms with Gasteiger partial charge in [-0.1, -0.05) is 20.8 Å². The van der Waals surface area contributed by atoms with Gasteiger partial charge in [0.2, 0.25) is 0 Å². The number of carbonyl (C=O) groups is 2. The number of Topliss-reactive ketones (excluding diaryl/α,β-unsaturated/α-hetero) is 1. The molecule has 1 aliphatic carbocycles. The summed E-state index contributed by atoms with van der Waals surface area (Å²) in [4.78, 5) is 38.8. The summed E-state index contributed by atoms with van der Waals surface area (Å²) in [6.45, 7) is 9.81. The molecule has 3 heterocycles. The first-order chi connectivity index (χ1) is 16.1. The Hall–Kier alpha value is -2.80. The van der Waals surface area contributed by atoms with Crippen LogP contribution in [0.4, 0.5) is 5.82 Å². The summed E-state index contributed by atoms with van der Waals surface area (Å²) in [5.41, 5.74) is 3.15. The van der Waals surface area contributed by atoms with Gasteiger partial charge in [0.25, 0.3) is 5.91 Å². The number of hydrogen-bond acceptors (Lipinski definition) is 6. The number of benzene rings is 1. The molecule has 2 aromatic heterocycles. The maximum absolute atomic E-state index is 13.4. The maximum atomic E-state index is 13.4. The average molecular weight is 477 g/mol. The molecule has 2 aliphatic rings. The van der Waals surface area contributed by atoms with E-state index in [0.717, 1.165) is 51.4 Å². The number of fused-ring (bicyclic) bond motifs is 2. The summed E-state index contributed by atoms with van der Waals surface area (Å²) in [6.07, 6.45) is 3.14. The Labute approximate surface area is 204 Å². The van der Waals surface area contributed by atoms with Crippen molar-refractivity contribution in [2.45, 2.75) is 58.8 Å². The Morgan fingerprint density at radius 2 is 1.85 bits per heavy atom. The zero-order chi connectivity index (χ0) is 24.3. The van der Waals surface area contributed by atoms with Gasteiger partial charge in [-0.25, -0.2) is 9.97 Å². The number of aryl methyl sites for hydroxylation is 1. The lowest BCUT2D eigenvalue weighted by Crippen LogP contribution is -2.46. The topological polar surface area (TPSA) is 75.2 Å². The monoisotopic (exact) mass is 476 g/mol. The van der Waals surface area contributed by atoms with E-state index >= 15 is 0 Å². The van der Waals surface area contributed by atoms with Crippen LogP contribution in [0.1, 0.15) is 76.3 Å². The molecule has 1 N–H and O–H groups in total. The zero-order valence-electron chi connectivity index (χ0n) is 20.6. The minimum Gasteiger partial charge on any atom is -0.373 e. The summed E-state index contributed by atoms with van der Waals surface area (Å²) in [5.74, 6) is 1.01. The fourth-order valence-electron chi connectivity index (χ4n) is 5.24. The van der Waals surface area contributed by atoms with E-state index in [4.69, 9.17) is 4.98 Å². The molecule has 0 saturated carbocycles. The normalized spacial score (nSPS) is 17.8. The van der Waals surface area contributed by atoms with Gasteiger partial charge in [-0.3, -0.25) is 9.59 Å². The molecule has 0 unspecified atom stereocenters. The molecule has 1 saturated heterocycles. The van der Waals surface area contributed by atoms with Crippen LogP contribution in [0.2, 0.25) is 0 Å². The van der Waals surface area contributed by atoms with Gasteiger partial charge in [-0.05, 0) is 61.4 Å². The second-order valence-corrected chi connectivity index (χ2v) is 12.0. The Kier molecular flexibility index (Phi) is 5.51. The lowest BCUT2D eigenvalue weighted by Gasteiger charge is -2.43. The second-order valence-electron chi connectivity index (χ2n) is 10.9. The first-order valence-corrected chi connectivity index (χ1v) is 12.8. The lowest BCUT2D eigenvalue weighted by molar-refractivity contribution is 0.0522. The van der Waals surface area contributed by atoms with Crippen molar-refractivity contribution in [3.8, 4) is 0 Å². The molecular weight excluding hydrogens is 444 g/mol. The summed E-state index contributed by atoms with van der Waals surface area (Å²) < 4.78 is 0. The summed E-state index contributed by atoms with van der Waals surface area (Å²) in [7, 11) is 1.84. The van der Waals surface area contributed by atoms with Crippen molar-refractivity contribution in [3.05, 3.63) is 51.0 Å². The van der Waals surface area contributed by atoms with Gasteiger partial charge in [0.1, 0.15) is 11.5 Å². The Morgan fingerprint density at radius 3 is 2.53 bits per heavy atom. The zero-order valence-corrected chi connectivity index (χ0v) is 21.4. The number of nitrogens with one attached hydrogen (secondary N) is 1. The maximum Gasteiger partial charge on any atom is 0.253 e. The number of piperidine rings is 1. The van der Waals surface area contributed by atoms with Crippen LogP contribution < -0.4 is 5.32 Å². The third-order valence-corrected chi connectivity index (χ3v) is 8.78. The molecule has 6 nitrogen and oxygen atoms in total. The van der Waals surface area contributed by atoms with Crippen molar-refractivity contribution in [3.63, 3.8) is 0 Å². The minimum absolute atomic E-state index is 0.0483. The quantitative estimate of drug-likeness (QED) is 0.537. The van der Waals surface area contributed by atoms with Crippen LogP contribution in [-0.2, 0) is 11.8 Å². The van der Waals surface area contributed by atoms with Gasteiger partial charge in [0, 0.05) is 47.8 Å². The second kappa shape index (κ2) is 8.15. The molecule has 3 aromatic rings. The molecule has 7 heteroatoms. The Bertz CT molecular complexity index is 1300. The number of anilines is 1. The molecular formula is C27H32N4O2S. The first-order valence-electron chi connectivity index (χ1n) is 12.0.